The van der Waals surface area contributed by atoms with E-state index >= 15 is 0 Å². The fraction of sp³-hybridized carbons (Fsp3) is 0.615. The molecule has 0 saturated heterocycles. The van der Waals surface area contributed by atoms with E-state index in [1.807, 2.05) is 0 Å². The van der Waals surface area contributed by atoms with Crippen LogP contribution in [0.25, 0.3) is 0 Å². The van der Waals surface area contributed by atoms with Crippen molar-refractivity contribution in [2.24, 2.45) is 5.92 Å². The predicted octanol–water partition coefficient (Wildman–Crippen LogP) is 2.26. The molecule has 18 heavy (non-hydrogen) atoms. The van der Waals surface area contributed by atoms with E-state index in [1.54, 1.807) is 12.3 Å². The van der Waals surface area contributed by atoms with Crippen LogP contribution in [-0.2, 0) is 4.74 Å². The number of nitrogens with one attached hydrogen (secondary N) is 1. The molecule has 1 N–H and O–H groups in total. The number of carbonyl (C=O) groups excluding carboxylic acids is 1. The summed E-state index contributed by atoms with van der Waals surface area (Å²) in [4.78, 5) is 19.3. The van der Waals surface area contributed by atoms with Gasteiger partial charge in [0.25, 0.3) is 0 Å². The highest BCUT2D eigenvalue weighted by molar-refractivity contribution is 5.85. The maximum atomic E-state index is 11.3. The molecule has 2 rings (SSSR count). The Hall–Kier alpha value is -1.65. The van der Waals surface area contributed by atoms with Gasteiger partial charge in [-0.15, -0.1) is 0 Å². The minimum Gasteiger partial charge on any atom is -0.463 e. The third kappa shape index (κ3) is 3.42. The number of hydrogen-bond donors (Lipinski definition) is 1. The van der Waals surface area contributed by atoms with Crippen LogP contribution in [-0.4, -0.2) is 29.6 Å². The maximum absolute atomic E-state index is 11.3. The average molecular weight is 249 g/mol. The van der Waals surface area contributed by atoms with Gasteiger partial charge in [-0.2, -0.15) is 0 Å². The van der Waals surface area contributed by atoms with E-state index in [0.717, 1.165) is 18.9 Å². The monoisotopic (exact) mass is 249 g/mol. The molecule has 1 aromatic heterocycles. The third-order valence-corrected chi connectivity index (χ3v) is 3.36. The van der Waals surface area contributed by atoms with Crippen molar-refractivity contribution in [3.8, 4) is 0 Å². The molecule has 1 saturated carbocycles. The Morgan fingerprint density at radius 3 is 3.00 bits per heavy atom. The van der Waals surface area contributed by atoms with Crippen LogP contribution in [0.4, 0.5) is 5.82 Å². The summed E-state index contributed by atoms with van der Waals surface area (Å²) < 4.78 is 4.59. The Balaban J connectivity index is 1.83. The van der Waals surface area contributed by atoms with Gasteiger partial charge in [0.2, 0.25) is 5.82 Å². The molecule has 98 valence electrons. The second kappa shape index (κ2) is 6.33. The molecule has 5 nitrogen and oxygen atoms in total. The van der Waals surface area contributed by atoms with Gasteiger partial charge in [-0.25, -0.2) is 14.8 Å². The highest BCUT2D eigenvalue weighted by Gasteiger charge is 2.14. The first-order valence-corrected chi connectivity index (χ1v) is 6.45. The quantitative estimate of drug-likeness (QED) is 0.811. The van der Waals surface area contributed by atoms with Crippen molar-refractivity contribution < 1.29 is 9.53 Å². The first-order chi connectivity index (χ1) is 8.79. The summed E-state index contributed by atoms with van der Waals surface area (Å²) in [5.74, 6) is 1.13. The van der Waals surface area contributed by atoms with Gasteiger partial charge in [0.05, 0.1) is 7.11 Å². The third-order valence-electron chi connectivity index (χ3n) is 3.36. The zero-order valence-corrected chi connectivity index (χ0v) is 10.7. The molecule has 0 atom stereocenters. The van der Waals surface area contributed by atoms with Crippen molar-refractivity contribution in [1.29, 1.82) is 0 Å². The SMILES string of the molecule is COC(=O)c1nccc(NCCC2CCCC2)n1. The molecule has 1 aliphatic rings. The van der Waals surface area contributed by atoms with Gasteiger partial charge in [0.1, 0.15) is 5.82 Å². The minimum atomic E-state index is -0.505. The van der Waals surface area contributed by atoms with Gasteiger partial charge in [-0.1, -0.05) is 25.7 Å². The van der Waals surface area contributed by atoms with Crippen LogP contribution >= 0.6 is 0 Å². The molecule has 1 fully saturated rings. The van der Waals surface area contributed by atoms with Crippen LogP contribution in [0.15, 0.2) is 12.3 Å². The van der Waals surface area contributed by atoms with E-state index in [0.29, 0.717) is 5.82 Å². The Kier molecular flexibility index (Phi) is 4.50. The number of carbonyl (C=O) groups is 1. The fourth-order valence-electron chi connectivity index (χ4n) is 2.35. The van der Waals surface area contributed by atoms with Crippen LogP contribution in [0.3, 0.4) is 0 Å². The van der Waals surface area contributed by atoms with Gasteiger partial charge >= 0.3 is 5.97 Å². The first-order valence-electron chi connectivity index (χ1n) is 6.45. The van der Waals surface area contributed by atoms with Gasteiger partial charge in [-0.05, 0) is 18.4 Å². The van der Waals surface area contributed by atoms with Crippen molar-refractivity contribution >= 4 is 11.8 Å². The lowest BCUT2D eigenvalue weighted by Crippen LogP contribution is -2.11. The topological polar surface area (TPSA) is 64.1 Å². The van der Waals surface area contributed by atoms with Crippen molar-refractivity contribution in [3.63, 3.8) is 0 Å². The summed E-state index contributed by atoms with van der Waals surface area (Å²) in [7, 11) is 1.33. The smallest absolute Gasteiger partial charge is 0.376 e. The van der Waals surface area contributed by atoms with Gasteiger partial charge < -0.3 is 10.1 Å². The summed E-state index contributed by atoms with van der Waals surface area (Å²) in [6.45, 7) is 0.891. The molecule has 0 aliphatic heterocycles. The molecule has 0 amide bonds. The molecule has 0 aromatic carbocycles. The number of ether oxygens (including phenoxy) is 1. The van der Waals surface area contributed by atoms with E-state index in [9.17, 15) is 4.79 Å². The van der Waals surface area contributed by atoms with Gasteiger partial charge in [0.15, 0.2) is 0 Å². The van der Waals surface area contributed by atoms with Gasteiger partial charge in [-0.3, -0.25) is 0 Å². The summed E-state index contributed by atoms with van der Waals surface area (Å²) in [5.41, 5.74) is 0. The fourth-order valence-corrected chi connectivity index (χ4v) is 2.35. The van der Waals surface area contributed by atoms with Crippen molar-refractivity contribution in [2.75, 3.05) is 19.0 Å². The molecule has 1 heterocycles. The summed E-state index contributed by atoms with van der Waals surface area (Å²) in [6.07, 6.45) is 8.15. The van der Waals surface area contributed by atoms with Crippen molar-refractivity contribution in [1.82, 2.24) is 9.97 Å². The second-order valence-corrected chi connectivity index (χ2v) is 4.62. The standard InChI is InChI=1S/C13H19N3O2/c1-18-13(17)12-15-9-7-11(16-12)14-8-6-10-4-2-3-5-10/h7,9-10H,2-6,8H2,1H3,(H,14,15,16). The number of aromatic nitrogens is 2. The van der Waals surface area contributed by atoms with E-state index in [2.05, 4.69) is 20.0 Å². The highest BCUT2D eigenvalue weighted by atomic mass is 16.5. The predicted molar refractivity (Wildman–Crippen MR) is 68.4 cm³/mol. The molecular formula is C13H19N3O2. The van der Waals surface area contributed by atoms with E-state index in [1.165, 1.54) is 32.8 Å². The molecule has 1 aromatic rings. The molecule has 0 bridgehead atoms. The molecule has 0 unspecified atom stereocenters. The van der Waals surface area contributed by atoms with Crippen molar-refractivity contribution in [3.05, 3.63) is 18.1 Å². The van der Waals surface area contributed by atoms with Gasteiger partial charge in [0, 0.05) is 12.7 Å². The first kappa shape index (κ1) is 12.8. The normalized spacial score (nSPS) is 15.6. The van der Waals surface area contributed by atoms with Crippen LogP contribution in [0, 0.1) is 5.92 Å². The number of rotatable bonds is 5. The minimum absolute atomic E-state index is 0.100. The maximum Gasteiger partial charge on any atom is 0.376 e. The average Bonchev–Trinajstić information content (AvgIpc) is 2.91. The molecule has 0 radical (unpaired) electrons. The lowest BCUT2D eigenvalue weighted by Gasteiger charge is -2.10. The zero-order valence-electron chi connectivity index (χ0n) is 10.7. The summed E-state index contributed by atoms with van der Waals surface area (Å²) >= 11 is 0. The Bertz CT molecular complexity index is 403. The second-order valence-electron chi connectivity index (χ2n) is 4.62. The molecule has 0 spiro atoms. The lowest BCUT2D eigenvalue weighted by atomic mass is 10.0. The van der Waals surface area contributed by atoms with Crippen LogP contribution in [0.5, 0.6) is 0 Å². The lowest BCUT2D eigenvalue weighted by molar-refractivity contribution is 0.0587. The largest absolute Gasteiger partial charge is 0.463 e. The number of hydrogen-bond acceptors (Lipinski definition) is 5. The Labute approximate surface area is 107 Å². The van der Waals surface area contributed by atoms with Crippen LogP contribution in [0.1, 0.15) is 42.7 Å². The molecule has 5 heteroatoms. The molecular weight excluding hydrogens is 230 g/mol. The summed E-state index contributed by atoms with van der Waals surface area (Å²) in [6, 6.07) is 1.76. The Morgan fingerprint density at radius 1 is 1.50 bits per heavy atom. The van der Waals surface area contributed by atoms with E-state index in [-0.39, 0.29) is 5.82 Å². The van der Waals surface area contributed by atoms with Crippen LogP contribution < -0.4 is 5.32 Å². The Morgan fingerprint density at radius 2 is 2.28 bits per heavy atom. The number of esters is 1. The molecule has 1 aliphatic carbocycles. The highest BCUT2D eigenvalue weighted by Crippen LogP contribution is 2.27. The van der Waals surface area contributed by atoms with Crippen LogP contribution in [0.2, 0.25) is 0 Å². The van der Waals surface area contributed by atoms with E-state index in [4.69, 9.17) is 0 Å². The number of methoxy groups -OCH3 is 1. The zero-order chi connectivity index (χ0) is 12.8. The van der Waals surface area contributed by atoms with Crippen molar-refractivity contribution in [2.45, 2.75) is 32.1 Å². The number of anilines is 1. The number of nitrogens with zero attached hydrogens (tertiary/aromatic N) is 2. The van der Waals surface area contributed by atoms with E-state index < -0.39 is 5.97 Å². The summed E-state index contributed by atoms with van der Waals surface area (Å²) in [5, 5.41) is 3.23.